The van der Waals surface area contributed by atoms with Gasteiger partial charge in [-0.05, 0) is 43.9 Å². The van der Waals surface area contributed by atoms with Gasteiger partial charge >= 0.3 is 0 Å². The van der Waals surface area contributed by atoms with Gasteiger partial charge in [-0.3, -0.25) is 0 Å². The molecule has 1 heterocycles. The fourth-order valence-electron chi connectivity index (χ4n) is 4.47. The van der Waals surface area contributed by atoms with E-state index in [9.17, 15) is 0 Å². The number of halogens is 1. The second kappa shape index (κ2) is 8.31. The van der Waals surface area contributed by atoms with Gasteiger partial charge in [0.05, 0.1) is 4.32 Å². The lowest BCUT2D eigenvalue weighted by Gasteiger charge is -2.39. The Kier molecular flexibility index (Phi) is 7.02. The zero-order valence-corrected chi connectivity index (χ0v) is 15.7. The molecule has 0 N–H and O–H groups in total. The van der Waals surface area contributed by atoms with Crippen LogP contribution in [-0.2, 0) is 9.47 Å². The van der Waals surface area contributed by atoms with E-state index in [0.29, 0.717) is 0 Å². The first-order valence-electron chi connectivity index (χ1n) is 8.88. The Bertz CT molecular complexity index is 304. The van der Waals surface area contributed by atoms with E-state index in [1.807, 2.05) is 0 Å². The van der Waals surface area contributed by atoms with Gasteiger partial charge in [-0.25, -0.2) is 0 Å². The van der Waals surface area contributed by atoms with E-state index in [-0.39, 0.29) is 10.6 Å². The highest BCUT2D eigenvalue weighted by Crippen LogP contribution is 2.43. The molecular formula is C18H33BrO2. The van der Waals surface area contributed by atoms with Gasteiger partial charge < -0.3 is 9.47 Å². The number of rotatable bonds is 1. The summed E-state index contributed by atoms with van der Waals surface area (Å²) in [6, 6.07) is 0. The van der Waals surface area contributed by atoms with Crippen LogP contribution in [0, 0.1) is 17.8 Å². The number of alkyl halides is 1. The van der Waals surface area contributed by atoms with Crippen molar-refractivity contribution in [3.8, 4) is 0 Å². The van der Waals surface area contributed by atoms with E-state index in [1.165, 1.54) is 25.7 Å². The van der Waals surface area contributed by atoms with Crippen LogP contribution in [0.3, 0.4) is 0 Å². The van der Waals surface area contributed by atoms with E-state index in [1.54, 1.807) is 26.4 Å². The molecule has 0 bridgehead atoms. The Balaban J connectivity index is 0.000000155. The second-order valence-corrected chi connectivity index (χ2v) is 9.25. The van der Waals surface area contributed by atoms with Gasteiger partial charge in [-0.2, -0.15) is 0 Å². The van der Waals surface area contributed by atoms with Crippen LogP contribution in [0.2, 0.25) is 0 Å². The number of methoxy groups -OCH3 is 1. The number of hydrogen-bond acceptors (Lipinski definition) is 2. The summed E-state index contributed by atoms with van der Waals surface area (Å²) in [6.45, 7) is 5.39. The molecule has 0 aromatic heterocycles. The lowest BCUT2D eigenvalue weighted by atomic mass is 9.66. The first-order valence-corrected chi connectivity index (χ1v) is 9.67. The molecule has 3 fully saturated rings. The van der Waals surface area contributed by atoms with E-state index in [2.05, 4.69) is 29.8 Å². The Morgan fingerprint density at radius 1 is 1.05 bits per heavy atom. The van der Waals surface area contributed by atoms with Gasteiger partial charge in [0.1, 0.15) is 0 Å². The van der Waals surface area contributed by atoms with Crippen molar-refractivity contribution in [2.45, 2.75) is 82.2 Å². The maximum Gasteiger partial charge on any atom is 0.172 e. The Morgan fingerprint density at radius 3 is 2.38 bits per heavy atom. The summed E-state index contributed by atoms with van der Waals surface area (Å²) >= 11 is 3.57. The Morgan fingerprint density at radius 2 is 1.76 bits per heavy atom. The summed E-state index contributed by atoms with van der Waals surface area (Å²) < 4.78 is 10.5. The minimum absolute atomic E-state index is 0.0139. The SMILES string of the molecule is CC1CCCC2CCCCC12.COC1OCCCC1(C)Br. The van der Waals surface area contributed by atoms with Crippen molar-refractivity contribution in [1.82, 2.24) is 0 Å². The zero-order valence-electron chi connectivity index (χ0n) is 14.1. The quantitative estimate of drug-likeness (QED) is 0.571. The standard InChI is InChI=1S/C11H20.C7H13BrO2/c1-9-5-4-7-10-6-2-3-8-11(9)10;1-7(8)4-3-5-10-6(7)9-2/h9-11H,2-8H2,1H3;6H,3-5H2,1-2H3. The van der Waals surface area contributed by atoms with Gasteiger partial charge in [0.15, 0.2) is 6.29 Å². The molecule has 1 aliphatic heterocycles. The first-order chi connectivity index (χ1) is 10.0. The fourth-order valence-corrected chi connectivity index (χ4v) is 5.07. The van der Waals surface area contributed by atoms with Gasteiger partial charge in [0, 0.05) is 13.7 Å². The van der Waals surface area contributed by atoms with Crippen LogP contribution in [0.15, 0.2) is 0 Å². The normalized spacial score (nSPS) is 43.4. The topological polar surface area (TPSA) is 18.5 Å². The minimum Gasteiger partial charge on any atom is -0.354 e. The molecule has 3 aliphatic rings. The number of ether oxygens (including phenoxy) is 2. The van der Waals surface area contributed by atoms with Crippen LogP contribution in [0.4, 0.5) is 0 Å². The summed E-state index contributed by atoms with van der Waals surface area (Å²) in [5, 5.41) is 0. The summed E-state index contributed by atoms with van der Waals surface area (Å²) in [4.78, 5) is 0. The molecule has 0 radical (unpaired) electrons. The third-order valence-electron chi connectivity index (χ3n) is 5.72. The highest BCUT2D eigenvalue weighted by Gasteiger charge is 2.35. The average molecular weight is 361 g/mol. The van der Waals surface area contributed by atoms with Crippen molar-refractivity contribution in [2.24, 2.45) is 17.8 Å². The van der Waals surface area contributed by atoms with Crippen molar-refractivity contribution in [1.29, 1.82) is 0 Å². The zero-order chi connectivity index (χ0) is 15.3. The minimum atomic E-state index is -0.0822. The lowest BCUT2D eigenvalue weighted by molar-refractivity contribution is -0.160. The molecule has 5 atom stereocenters. The molecule has 1 saturated heterocycles. The predicted octanol–water partition coefficient (Wildman–Crippen LogP) is 5.54. The van der Waals surface area contributed by atoms with Gasteiger partial charge in [0.2, 0.25) is 0 Å². The molecule has 0 aromatic rings. The van der Waals surface area contributed by atoms with E-state index >= 15 is 0 Å². The van der Waals surface area contributed by atoms with Crippen LogP contribution in [-0.4, -0.2) is 24.3 Å². The van der Waals surface area contributed by atoms with Gasteiger partial charge in [0.25, 0.3) is 0 Å². The van der Waals surface area contributed by atoms with E-state index in [0.717, 1.165) is 37.2 Å². The van der Waals surface area contributed by atoms with Crippen LogP contribution < -0.4 is 0 Å². The van der Waals surface area contributed by atoms with E-state index < -0.39 is 0 Å². The van der Waals surface area contributed by atoms with Crippen molar-refractivity contribution in [2.75, 3.05) is 13.7 Å². The highest BCUT2D eigenvalue weighted by atomic mass is 79.9. The largest absolute Gasteiger partial charge is 0.354 e. The number of fused-ring (bicyclic) bond motifs is 1. The summed E-state index contributed by atoms with van der Waals surface area (Å²) in [7, 11) is 1.68. The molecule has 2 aliphatic carbocycles. The van der Waals surface area contributed by atoms with Gasteiger partial charge in [-0.1, -0.05) is 61.4 Å². The van der Waals surface area contributed by atoms with Crippen molar-refractivity contribution >= 4 is 15.9 Å². The molecule has 0 aromatic carbocycles. The highest BCUT2D eigenvalue weighted by molar-refractivity contribution is 9.10. The molecule has 3 rings (SSSR count). The molecule has 124 valence electrons. The lowest BCUT2D eigenvalue weighted by Crippen LogP contribution is -2.41. The van der Waals surface area contributed by atoms with Gasteiger partial charge in [-0.15, -0.1) is 0 Å². The Labute approximate surface area is 139 Å². The number of hydrogen-bond donors (Lipinski definition) is 0. The van der Waals surface area contributed by atoms with Crippen LogP contribution in [0.25, 0.3) is 0 Å². The molecule has 2 saturated carbocycles. The van der Waals surface area contributed by atoms with E-state index in [4.69, 9.17) is 9.47 Å². The smallest absolute Gasteiger partial charge is 0.172 e. The second-order valence-electron chi connectivity index (χ2n) is 7.44. The molecule has 3 heteroatoms. The maximum atomic E-state index is 5.37. The third kappa shape index (κ3) is 4.94. The molecule has 21 heavy (non-hydrogen) atoms. The fraction of sp³-hybridized carbons (Fsp3) is 1.00. The molecule has 2 nitrogen and oxygen atoms in total. The summed E-state index contributed by atoms with van der Waals surface area (Å²) in [5.41, 5.74) is 0. The summed E-state index contributed by atoms with van der Waals surface area (Å²) in [5.74, 6) is 3.30. The third-order valence-corrected chi connectivity index (χ3v) is 6.49. The van der Waals surface area contributed by atoms with Crippen molar-refractivity contribution in [3.63, 3.8) is 0 Å². The summed E-state index contributed by atoms with van der Waals surface area (Å²) in [6.07, 6.45) is 12.9. The average Bonchev–Trinajstić information content (AvgIpc) is 2.48. The van der Waals surface area contributed by atoms with Crippen LogP contribution >= 0.6 is 15.9 Å². The Hall–Kier alpha value is 0.400. The van der Waals surface area contributed by atoms with Crippen LogP contribution in [0.1, 0.15) is 71.6 Å². The van der Waals surface area contributed by atoms with Crippen LogP contribution in [0.5, 0.6) is 0 Å². The molecule has 0 amide bonds. The molecule has 0 spiro atoms. The predicted molar refractivity (Wildman–Crippen MR) is 91.8 cm³/mol. The van der Waals surface area contributed by atoms with Crippen molar-refractivity contribution < 1.29 is 9.47 Å². The van der Waals surface area contributed by atoms with Crippen molar-refractivity contribution in [3.05, 3.63) is 0 Å². The maximum absolute atomic E-state index is 5.37. The molecular weight excluding hydrogens is 328 g/mol. The first kappa shape index (κ1) is 17.7. The monoisotopic (exact) mass is 360 g/mol. The molecule has 5 unspecified atom stereocenters.